The third-order valence-corrected chi connectivity index (χ3v) is 8.02. The normalized spacial score (nSPS) is 14.3. The molecular weight excluding hydrogens is 504 g/mol. The van der Waals surface area contributed by atoms with Crippen LogP contribution in [0.1, 0.15) is 32.0 Å². The van der Waals surface area contributed by atoms with Crippen LogP contribution in [0.5, 0.6) is 5.75 Å². The van der Waals surface area contributed by atoms with Gasteiger partial charge in [-0.25, -0.2) is 4.79 Å². The minimum atomic E-state index is -0.320. The molecule has 6 nitrogen and oxygen atoms in total. The Morgan fingerprint density at radius 2 is 1.67 bits per heavy atom. The number of aromatic nitrogens is 1. The molecule has 2 amide bonds. The van der Waals surface area contributed by atoms with Gasteiger partial charge in [-0.2, -0.15) is 11.8 Å². The molecule has 3 aromatic carbocycles. The smallest absolute Gasteiger partial charge is 0.323 e. The van der Waals surface area contributed by atoms with Gasteiger partial charge in [0.05, 0.1) is 24.2 Å². The summed E-state index contributed by atoms with van der Waals surface area (Å²) in [4.78, 5) is 20.4. The zero-order valence-electron chi connectivity index (χ0n) is 23.1. The summed E-state index contributed by atoms with van der Waals surface area (Å²) in [6.45, 7) is 9.51. The van der Waals surface area contributed by atoms with Crippen LogP contribution in [0.2, 0.25) is 0 Å². The summed E-state index contributed by atoms with van der Waals surface area (Å²) in [5, 5.41) is 8.06. The molecule has 2 N–H and O–H groups in total. The monoisotopic (exact) mass is 540 g/mol. The van der Waals surface area contributed by atoms with Crippen LogP contribution in [0.3, 0.4) is 0 Å². The Morgan fingerprint density at radius 3 is 2.36 bits per heavy atom. The fourth-order valence-electron chi connectivity index (χ4n) is 5.05. The number of anilines is 2. The third-order valence-electron chi connectivity index (χ3n) is 7.07. The van der Waals surface area contributed by atoms with E-state index in [4.69, 9.17) is 9.72 Å². The van der Waals surface area contributed by atoms with Crippen molar-refractivity contribution in [2.24, 2.45) is 0 Å². The number of pyridine rings is 1. The molecule has 1 aliphatic rings. The standard InChI is InChI=1S/C32H36N4O2S/c1-32(2,3)27-10-7-11-29(30(27)38-4)35-31(37)34-28-15-14-24(25-8-5-6-9-26(25)28)22-12-13-23(33-20-22)21-36-16-18-39-19-17-36/h5-15,20H,16-19,21H2,1-4H3,(H2,34,35,37). The lowest BCUT2D eigenvalue weighted by Crippen LogP contribution is -2.32. The van der Waals surface area contributed by atoms with E-state index in [1.54, 1.807) is 7.11 Å². The summed E-state index contributed by atoms with van der Waals surface area (Å²) in [6, 6.07) is 21.9. The van der Waals surface area contributed by atoms with Gasteiger partial charge < -0.3 is 15.4 Å². The van der Waals surface area contributed by atoms with E-state index in [-0.39, 0.29) is 11.4 Å². The summed E-state index contributed by atoms with van der Waals surface area (Å²) in [7, 11) is 1.63. The average Bonchev–Trinajstić information content (AvgIpc) is 2.94. The number of benzene rings is 3. The first kappa shape index (κ1) is 27.0. The Morgan fingerprint density at radius 1 is 0.923 bits per heavy atom. The highest BCUT2D eigenvalue weighted by atomic mass is 32.2. The summed E-state index contributed by atoms with van der Waals surface area (Å²) < 4.78 is 5.69. The van der Waals surface area contributed by atoms with Crippen molar-refractivity contribution >= 4 is 39.9 Å². The number of nitrogens with zero attached hydrogens (tertiary/aromatic N) is 2. The number of para-hydroxylation sites is 1. The second kappa shape index (κ2) is 11.7. The maximum absolute atomic E-state index is 13.1. The van der Waals surface area contributed by atoms with Crippen molar-refractivity contribution < 1.29 is 9.53 Å². The van der Waals surface area contributed by atoms with Gasteiger partial charge in [-0.1, -0.05) is 69.3 Å². The van der Waals surface area contributed by atoms with E-state index in [2.05, 4.69) is 60.6 Å². The zero-order chi connectivity index (χ0) is 27.4. The number of hydrogen-bond donors (Lipinski definition) is 2. The molecule has 0 saturated carbocycles. The molecule has 2 heterocycles. The number of rotatable bonds is 6. The molecule has 39 heavy (non-hydrogen) atoms. The summed E-state index contributed by atoms with van der Waals surface area (Å²) >= 11 is 2.02. The van der Waals surface area contributed by atoms with Gasteiger partial charge in [-0.05, 0) is 34.6 Å². The molecule has 0 spiro atoms. The third kappa shape index (κ3) is 6.21. The van der Waals surface area contributed by atoms with Gasteiger partial charge in [0.1, 0.15) is 5.75 Å². The average molecular weight is 541 g/mol. The first-order chi connectivity index (χ1) is 18.8. The molecule has 1 aromatic heterocycles. The Balaban J connectivity index is 1.37. The van der Waals surface area contributed by atoms with E-state index < -0.39 is 0 Å². The number of thioether (sulfide) groups is 1. The lowest BCUT2D eigenvalue weighted by Gasteiger charge is -2.25. The molecule has 4 aromatic rings. The molecule has 7 heteroatoms. The van der Waals surface area contributed by atoms with Gasteiger partial charge in [0.25, 0.3) is 0 Å². The largest absolute Gasteiger partial charge is 0.494 e. The highest BCUT2D eigenvalue weighted by molar-refractivity contribution is 7.99. The molecular formula is C32H36N4O2S. The van der Waals surface area contributed by atoms with E-state index in [9.17, 15) is 4.79 Å². The van der Waals surface area contributed by atoms with E-state index in [1.807, 2.05) is 60.4 Å². The van der Waals surface area contributed by atoms with E-state index in [1.165, 1.54) is 11.5 Å². The number of hydrogen-bond acceptors (Lipinski definition) is 5. The number of nitrogens with one attached hydrogen (secondary N) is 2. The van der Waals surface area contributed by atoms with Crippen molar-refractivity contribution in [3.8, 4) is 16.9 Å². The molecule has 202 valence electrons. The second-order valence-electron chi connectivity index (χ2n) is 10.8. The zero-order valence-corrected chi connectivity index (χ0v) is 23.9. The highest BCUT2D eigenvalue weighted by Gasteiger charge is 2.22. The quantitative estimate of drug-likeness (QED) is 0.267. The maximum atomic E-state index is 13.1. The maximum Gasteiger partial charge on any atom is 0.323 e. The van der Waals surface area contributed by atoms with E-state index >= 15 is 0 Å². The second-order valence-corrected chi connectivity index (χ2v) is 12.1. The number of urea groups is 1. The minimum absolute atomic E-state index is 0.120. The number of carbonyl (C=O) groups is 1. The Labute approximate surface area is 235 Å². The highest BCUT2D eigenvalue weighted by Crippen LogP contribution is 2.37. The number of methoxy groups -OCH3 is 1. The number of carbonyl (C=O) groups excluding carboxylic acids is 1. The molecule has 1 aliphatic heterocycles. The Kier molecular flexibility index (Phi) is 8.10. The fourth-order valence-corrected chi connectivity index (χ4v) is 6.03. The molecule has 5 rings (SSSR count). The van der Waals surface area contributed by atoms with Crippen LogP contribution in [0.4, 0.5) is 16.2 Å². The minimum Gasteiger partial charge on any atom is -0.494 e. The van der Waals surface area contributed by atoms with Crippen molar-refractivity contribution in [1.82, 2.24) is 9.88 Å². The van der Waals surface area contributed by atoms with Crippen molar-refractivity contribution in [2.45, 2.75) is 32.7 Å². The van der Waals surface area contributed by atoms with Gasteiger partial charge >= 0.3 is 6.03 Å². The van der Waals surface area contributed by atoms with Crippen LogP contribution in [0.15, 0.2) is 72.9 Å². The molecule has 0 bridgehead atoms. The van der Waals surface area contributed by atoms with Gasteiger partial charge in [0, 0.05) is 53.8 Å². The lowest BCUT2D eigenvalue weighted by atomic mass is 9.86. The van der Waals surface area contributed by atoms with Crippen molar-refractivity contribution in [3.05, 3.63) is 84.2 Å². The predicted octanol–water partition coefficient (Wildman–Crippen LogP) is 7.40. The van der Waals surface area contributed by atoms with Crippen molar-refractivity contribution in [2.75, 3.05) is 42.3 Å². The summed E-state index contributed by atoms with van der Waals surface area (Å²) in [6.07, 6.45) is 1.96. The van der Waals surface area contributed by atoms with Gasteiger partial charge in [-0.15, -0.1) is 0 Å². The van der Waals surface area contributed by atoms with Crippen LogP contribution >= 0.6 is 11.8 Å². The van der Waals surface area contributed by atoms with E-state index in [0.717, 1.165) is 58.5 Å². The summed E-state index contributed by atoms with van der Waals surface area (Å²) in [5.74, 6) is 3.06. The lowest BCUT2D eigenvalue weighted by molar-refractivity contribution is 0.262. The van der Waals surface area contributed by atoms with Crippen LogP contribution in [-0.2, 0) is 12.0 Å². The predicted molar refractivity (Wildman–Crippen MR) is 164 cm³/mol. The number of ether oxygens (including phenoxy) is 1. The molecule has 1 fully saturated rings. The molecule has 0 aliphatic carbocycles. The first-order valence-electron chi connectivity index (χ1n) is 13.4. The van der Waals surface area contributed by atoms with Crippen molar-refractivity contribution in [3.63, 3.8) is 0 Å². The van der Waals surface area contributed by atoms with Crippen LogP contribution in [0.25, 0.3) is 21.9 Å². The molecule has 1 saturated heterocycles. The van der Waals surface area contributed by atoms with Crippen LogP contribution < -0.4 is 15.4 Å². The molecule has 0 unspecified atom stereocenters. The topological polar surface area (TPSA) is 66.5 Å². The Bertz CT molecular complexity index is 1460. The Hall–Kier alpha value is -3.55. The summed E-state index contributed by atoms with van der Waals surface area (Å²) in [5.41, 5.74) is 5.53. The van der Waals surface area contributed by atoms with Gasteiger partial charge in [0.2, 0.25) is 0 Å². The fraction of sp³-hybridized carbons (Fsp3) is 0.312. The number of fused-ring (bicyclic) bond motifs is 1. The van der Waals surface area contributed by atoms with Gasteiger partial charge in [-0.3, -0.25) is 9.88 Å². The van der Waals surface area contributed by atoms with E-state index in [0.29, 0.717) is 11.4 Å². The number of amides is 2. The SMILES string of the molecule is COc1c(NC(=O)Nc2ccc(-c3ccc(CN4CCSCC4)nc3)c3ccccc23)cccc1C(C)(C)C. The first-order valence-corrected chi connectivity index (χ1v) is 14.5. The van der Waals surface area contributed by atoms with Crippen molar-refractivity contribution in [1.29, 1.82) is 0 Å². The molecule has 0 atom stereocenters. The van der Waals surface area contributed by atoms with Gasteiger partial charge in [0.15, 0.2) is 0 Å². The van der Waals surface area contributed by atoms with Crippen LogP contribution in [-0.4, -0.2) is 47.6 Å². The molecule has 0 radical (unpaired) electrons. The van der Waals surface area contributed by atoms with Crippen LogP contribution in [0, 0.1) is 0 Å².